The van der Waals surface area contributed by atoms with Gasteiger partial charge in [0.15, 0.2) is 5.13 Å². The summed E-state index contributed by atoms with van der Waals surface area (Å²) in [5.41, 5.74) is 5.43. The van der Waals surface area contributed by atoms with Crippen molar-refractivity contribution < 1.29 is 8.42 Å². The van der Waals surface area contributed by atoms with Crippen LogP contribution in [-0.4, -0.2) is 23.4 Å². The van der Waals surface area contributed by atoms with Crippen LogP contribution < -0.4 is 10.0 Å². The molecule has 0 amide bonds. The lowest BCUT2D eigenvalue weighted by molar-refractivity contribution is 0.601. The predicted molar refractivity (Wildman–Crippen MR) is 140 cm³/mol. The van der Waals surface area contributed by atoms with Crippen molar-refractivity contribution in [2.24, 2.45) is 0 Å². The Balaban J connectivity index is 1.49. The van der Waals surface area contributed by atoms with Crippen molar-refractivity contribution in [1.82, 2.24) is 15.0 Å². The fraction of sp³-hybridized carbons (Fsp3) is 0.125. The largest absolute Gasteiger partial charge is 0.340 e. The van der Waals surface area contributed by atoms with Crippen LogP contribution in [0.4, 0.5) is 16.6 Å². The average Bonchev–Trinajstić information content (AvgIpc) is 3.43. The van der Waals surface area contributed by atoms with Gasteiger partial charge >= 0.3 is 0 Å². The molecule has 0 bridgehead atoms. The molecule has 0 radical (unpaired) electrons. The zero-order valence-corrected chi connectivity index (χ0v) is 21.1. The molecule has 2 aromatic carbocycles. The summed E-state index contributed by atoms with van der Waals surface area (Å²) in [6.45, 7) is 6.30. The van der Waals surface area contributed by atoms with Crippen LogP contribution in [0.3, 0.4) is 0 Å². The number of aromatic nitrogens is 3. The maximum Gasteiger partial charge on any atom is 0.263 e. The van der Waals surface area contributed by atoms with Gasteiger partial charge < -0.3 is 5.32 Å². The van der Waals surface area contributed by atoms with Crippen LogP contribution in [0, 0.1) is 20.8 Å². The highest BCUT2D eigenvalue weighted by molar-refractivity contribution is 7.93. The van der Waals surface area contributed by atoms with Crippen LogP contribution in [0.5, 0.6) is 0 Å². The van der Waals surface area contributed by atoms with Gasteiger partial charge in [-0.05, 0) is 61.7 Å². The third-order valence-electron chi connectivity index (χ3n) is 5.54. The molecule has 0 aliphatic rings. The molecule has 7 nitrogen and oxygen atoms in total. The third-order valence-corrected chi connectivity index (χ3v) is 8.73. The fourth-order valence-electron chi connectivity index (χ4n) is 3.69. The first-order valence-corrected chi connectivity index (χ1v) is 13.6. The number of thiazole rings is 1. The minimum Gasteiger partial charge on any atom is -0.340 e. The second-order valence-electron chi connectivity index (χ2n) is 7.83. The zero-order valence-electron chi connectivity index (χ0n) is 18.7. The summed E-state index contributed by atoms with van der Waals surface area (Å²) >= 11 is 2.86. The molecule has 0 unspecified atom stereocenters. The normalized spacial score (nSPS) is 11.6. The molecule has 3 heterocycles. The molecule has 0 saturated heterocycles. The Morgan fingerprint density at radius 3 is 2.41 bits per heavy atom. The molecule has 0 saturated carbocycles. The van der Waals surface area contributed by atoms with Gasteiger partial charge in [0.25, 0.3) is 10.0 Å². The van der Waals surface area contributed by atoms with E-state index in [2.05, 4.69) is 64.0 Å². The van der Waals surface area contributed by atoms with Crippen LogP contribution in [-0.2, 0) is 10.0 Å². The first-order chi connectivity index (χ1) is 16.3. The van der Waals surface area contributed by atoms with Gasteiger partial charge in [-0.15, -0.1) is 22.7 Å². The summed E-state index contributed by atoms with van der Waals surface area (Å²) in [6.07, 6.45) is 3.10. The molecule has 34 heavy (non-hydrogen) atoms. The highest BCUT2D eigenvalue weighted by Crippen LogP contribution is 2.41. The summed E-state index contributed by atoms with van der Waals surface area (Å²) in [7, 11) is -3.71. The van der Waals surface area contributed by atoms with E-state index in [1.165, 1.54) is 22.5 Å². The van der Waals surface area contributed by atoms with E-state index in [0.717, 1.165) is 31.9 Å². The van der Waals surface area contributed by atoms with Crippen molar-refractivity contribution in [1.29, 1.82) is 0 Å². The quantitative estimate of drug-likeness (QED) is 0.281. The van der Waals surface area contributed by atoms with Crippen LogP contribution in [0.15, 0.2) is 65.3 Å². The molecule has 10 heteroatoms. The van der Waals surface area contributed by atoms with E-state index in [0.29, 0.717) is 10.9 Å². The molecule has 2 N–H and O–H groups in total. The van der Waals surface area contributed by atoms with E-state index in [1.54, 1.807) is 53.5 Å². The van der Waals surface area contributed by atoms with E-state index in [1.807, 2.05) is 0 Å². The smallest absolute Gasteiger partial charge is 0.263 e. The van der Waals surface area contributed by atoms with Crippen LogP contribution in [0.25, 0.3) is 21.3 Å². The Hall–Kier alpha value is -3.34. The van der Waals surface area contributed by atoms with E-state index >= 15 is 0 Å². The van der Waals surface area contributed by atoms with Crippen molar-refractivity contribution >= 4 is 59.6 Å². The number of nitrogens with zero attached hydrogens (tertiary/aromatic N) is 3. The van der Waals surface area contributed by atoms with E-state index in [-0.39, 0.29) is 4.90 Å². The van der Waals surface area contributed by atoms with E-state index in [4.69, 9.17) is 0 Å². The molecule has 0 atom stereocenters. The van der Waals surface area contributed by atoms with Gasteiger partial charge in [0.1, 0.15) is 17.0 Å². The Labute approximate surface area is 205 Å². The van der Waals surface area contributed by atoms with Gasteiger partial charge in [-0.2, -0.15) is 0 Å². The monoisotopic (exact) mass is 507 g/mol. The lowest BCUT2D eigenvalue weighted by Gasteiger charge is -2.11. The first-order valence-electron chi connectivity index (χ1n) is 10.4. The van der Waals surface area contributed by atoms with Crippen molar-refractivity contribution in [2.45, 2.75) is 25.7 Å². The molecule has 0 fully saturated rings. The number of thiophene rings is 1. The topological polar surface area (TPSA) is 96.9 Å². The van der Waals surface area contributed by atoms with Crippen LogP contribution >= 0.6 is 22.7 Å². The summed E-state index contributed by atoms with van der Waals surface area (Å²) in [5, 5.41) is 6.35. The second kappa shape index (κ2) is 8.79. The molecule has 0 aliphatic heterocycles. The van der Waals surface area contributed by atoms with Gasteiger partial charge in [-0.25, -0.2) is 23.4 Å². The van der Waals surface area contributed by atoms with Gasteiger partial charge in [0.05, 0.1) is 10.3 Å². The minimum atomic E-state index is -3.71. The number of aryl methyl sites for hydroxylation is 3. The second-order valence-corrected chi connectivity index (χ2v) is 11.6. The molecule has 3 aromatic heterocycles. The van der Waals surface area contributed by atoms with E-state index in [9.17, 15) is 8.42 Å². The highest BCUT2D eigenvalue weighted by atomic mass is 32.2. The number of nitrogens with one attached hydrogen (secondary N) is 2. The van der Waals surface area contributed by atoms with Crippen molar-refractivity contribution in [2.75, 3.05) is 10.0 Å². The predicted octanol–water partition coefficient (Wildman–Crippen LogP) is 6.28. The zero-order chi connectivity index (χ0) is 23.9. The lowest BCUT2D eigenvalue weighted by atomic mass is 9.99. The van der Waals surface area contributed by atoms with Gasteiger partial charge in [-0.1, -0.05) is 18.2 Å². The molecule has 0 aliphatic carbocycles. The fourth-order valence-corrected chi connectivity index (χ4v) is 6.49. The number of anilines is 3. The molecule has 0 spiro atoms. The highest BCUT2D eigenvalue weighted by Gasteiger charge is 2.18. The Kier molecular flexibility index (Phi) is 5.80. The summed E-state index contributed by atoms with van der Waals surface area (Å²) in [6, 6.07) is 13.0. The average molecular weight is 508 g/mol. The van der Waals surface area contributed by atoms with Gasteiger partial charge in [0, 0.05) is 27.7 Å². The Morgan fingerprint density at radius 1 is 0.912 bits per heavy atom. The number of hydrogen-bond acceptors (Lipinski definition) is 8. The number of hydrogen-bond donors (Lipinski definition) is 2. The molecule has 5 aromatic rings. The van der Waals surface area contributed by atoms with Crippen molar-refractivity contribution in [3.8, 4) is 11.1 Å². The SMILES string of the molecule is Cc1ccc(-c2c(C)sc3ncnc(Nc4ccc(S(=O)(=O)Nc5nccs5)cc4)c23)cc1C. The molecule has 5 rings (SSSR count). The summed E-state index contributed by atoms with van der Waals surface area (Å²) < 4.78 is 27.7. The van der Waals surface area contributed by atoms with Gasteiger partial charge in [-0.3, -0.25) is 4.72 Å². The van der Waals surface area contributed by atoms with Crippen molar-refractivity contribution in [3.05, 3.63) is 76.4 Å². The lowest BCUT2D eigenvalue weighted by Crippen LogP contribution is -2.12. The first kappa shape index (κ1) is 22.5. The van der Waals surface area contributed by atoms with Gasteiger partial charge in [0.2, 0.25) is 0 Å². The summed E-state index contributed by atoms with van der Waals surface area (Å²) in [5.74, 6) is 0.680. The number of benzene rings is 2. The Bertz CT molecular complexity index is 1590. The molecular weight excluding hydrogens is 486 g/mol. The standard InChI is InChI=1S/C24H21N5O2S3/c1-14-4-5-17(12-15(14)2)20-16(3)33-23-21(20)22(26-13-27-23)28-18-6-8-19(9-7-18)34(30,31)29-24-25-10-11-32-24/h4-13H,1-3H3,(H,25,29)(H,26,27,28). The van der Waals surface area contributed by atoms with E-state index < -0.39 is 10.0 Å². The number of sulfonamides is 1. The maximum atomic E-state index is 12.6. The number of rotatable bonds is 6. The molecule has 172 valence electrons. The summed E-state index contributed by atoms with van der Waals surface area (Å²) in [4.78, 5) is 15.2. The third kappa shape index (κ3) is 4.27. The van der Waals surface area contributed by atoms with Crippen LogP contribution in [0.1, 0.15) is 16.0 Å². The molecular formula is C24H21N5O2S3. The Morgan fingerprint density at radius 2 is 1.71 bits per heavy atom. The van der Waals surface area contributed by atoms with Crippen LogP contribution in [0.2, 0.25) is 0 Å². The maximum absolute atomic E-state index is 12.6. The minimum absolute atomic E-state index is 0.156. The van der Waals surface area contributed by atoms with Crippen molar-refractivity contribution in [3.63, 3.8) is 0 Å². The number of fused-ring (bicyclic) bond motifs is 1.